The number of aromatic hydroxyl groups is 1. The maximum Gasteiger partial charge on any atom is 0.255 e. The van der Waals surface area contributed by atoms with Gasteiger partial charge in [0.25, 0.3) is 5.91 Å². The molecule has 3 aromatic rings. The zero-order chi connectivity index (χ0) is 17.4. The van der Waals surface area contributed by atoms with Crippen LogP contribution in [0.15, 0.2) is 42.5 Å². The Balaban J connectivity index is 1.59. The summed E-state index contributed by atoms with van der Waals surface area (Å²) in [6, 6.07) is 12.9. The predicted octanol–water partition coefficient (Wildman–Crippen LogP) is 3.02. The van der Waals surface area contributed by atoms with Crippen molar-refractivity contribution in [1.82, 2.24) is 14.9 Å². The van der Waals surface area contributed by atoms with E-state index in [-0.39, 0.29) is 11.7 Å². The van der Waals surface area contributed by atoms with Gasteiger partial charge in [0, 0.05) is 6.04 Å². The molecule has 1 aromatic heterocycles. The molecule has 1 aliphatic carbocycles. The molecule has 2 aromatic carbocycles. The number of fused-ring (bicyclic) bond motifs is 1. The number of nitrogens with one attached hydrogen (secondary N) is 1. The van der Waals surface area contributed by atoms with Crippen molar-refractivity contribution in [3.05, 3.63) is 53.9 Å². The topological polar surface area (TPSA) is 76.4 Å². The van der Waals surface area contributed by atoms with Gasteiger partial charge in [-0.1, -0.05) is 12.1 Å². The monoisotopic (exact) mass is 337 g/mol. The van der Waals surface area contributed by atoms with Gasteiger partial charge in [-0.05, 0) is 43.2 Å². The summed E-state index contributed by atoms with van der Waals surface area (Å²) in [4.78, 5) is 17.2. The van der Waals surface area contributed by atoms with Crippen LogP contribution in [0.25, 0.3) is 11.0 Å². The minimum Gasteiger partial charge on any atom is -0.508 e. The van der Waals surface area contributed by atoms with Crippen LogP contribution < -0.4 is 10.1 Å². The lowest BCUT2D eigenvalue weighted by atomic mass is 10.1. The molecule has 0 atom stereocenters. The van der Waals surface area contributed by atoms with E-state index in [2.05, 4.69) is 20.9 Å². The van der Waals surface area contributed by atoms with Crippen LogP contribution in [0.2, 0.25) is 0 Å². The van der Waals surface area contributed by atoms with E-state index in [0.717, 1.165) is 29.7 Å². The van der Waals surface area contributed by atoms with E-state index in [1.807, 2.05) is 18.2 Å². The van der Waals surface area contributed by atoms with Gasteiger partial charge < -0.3 is 19.7 Å². The molecule has 6 nitrogen and oxygen atoms in total. The second-order valence-electron chi connectivity index (χ2n) is 6.19. The Morgan fingerprint density at radius 1 is 1.32 bits per heavy atom. The van der Waals surface area contributed by atoms with E-state index in [1.54, 1.807) is 6.07 Å². The lowest BCUT2D eigenvalue weighted by molar-refractivity contribution is 0.0946. The molecular formula is C19H19N3O3. The van der Waals surface area contributed by atoms with Gasteiger partial charge in [0.2, 0.25) is 0 Å². The van der Waals surface area contributed by atoms with Gasteiger partial charge in [-0.3, -0.25) is 4.79 Å². The van der Waals surface area contributed by atoms with Gasteiger partial charge in [0.15, 0.2) is 0 Å². The summed E-state index contributed by atoms with van der Waals surface area (Å²) >= 11 is 0. The molecule has 0 spiro atoms. The standard InChI is InChI=1S/C19H19N3O3/c1-25-17-9-8-13(23)10-14(17)19(24)20-11-18-21-15-4-2-3-5-16(15)22(18)12-6-7-12/h2-5,8-10,12,23H,6-7,11H2,1H3,(H,20,24). The predicted molar refractivity (Wildman–Crippen MR) is 93.8 cm³/mol. The van der Waals surface area contributed by atoms with E-state index in [0.29, 0.717) is 23.9 Å². The highest BCUT2D eigenvalue weighted by Gasteiger charge is 2.28. The Hall–Kier alpha value is -3.02. The summed E-state index contributed by atoms with van der Waals surface area (Å²) in [6.07, 6.45) is 2.28. The van der Waals surface area contributed by atoms with Crippen LogP contribution in [0.3, 0.4) is 0 Å². The number of nitrogens with zero attached hydrogens (tertiary/aromatic N) is 2. The van der Waals surface area contributed by atoms with Crippen molar-refractivity contribution < 1.29 is 14.6 Å². The molecular weight excluding hydrogens is 318 g/mol. The van der Waals surface area contributed by atoms with Crippen LogP contribution in [-0.2, 0) is 6.54 Å². The molecule has 0 radical (unpaired) electrons. The highest BCUT2D eigenvalue weighted by molar-refractivity contribution is 5.97. The van der Waals surface area contributed by atoms with Crippen molar-refractivity contribution in [2.24, 2.45) is 0 Å². The Morgan fingerprint density at radius 3 is 2.88 bits per heavy atom. The maximum atomic E-state index is 12.5. The first-order chi connectivity index (χ1) is 12.2. The maximum absolute atomic E-state index is 12.5. The molecule has 6 heteroatoms. The smallest absolute Gasteiger partial charge is 0.255 e. The van der Waals surface area contributed by atoms with E-state index < -0.39 is 0 Å². The summed E-state index contributed by atoms with van der Waals surface area (Å²) in [5.74, 6) is 0.987. The minimum atomic E-state index is -0.304. The molecule has 0 saturated heterocycles. The number of imidazole rings is 1. The van der Waals surface area contributed by atoms with Crippen LogP contribution in [0, 0.1) is 0 Å². The molecule has 2 N–H and O–H groups in total. The summed E-state index contributed by atoms with van der Waals surface area (Å²) in [7, 11) is 1.50. The molecule has 1 fully saturated rings. The van der Waals surface area contributed by atoms with Crippen molar-refractivity contribution >= 4 is 16.9 Å². The number of rotatable bonds is 5. The number of hydrogen-bond donors (Lipinski definition) is 2. The fourth-order valence-corrected chi connectivity index (χ4v) is 3.09. The number of methoxy groups -OCH3 is 1. The number of benzene rings is 2. The number of amides is 1. The average Bonchev–Trinajstić information content (AvgIpc) is 3.39. The quantitative estimate of drug-likeness (QED) is 0.750. The molecule has 1 amide bonds. The van der Waals surface area contributed by atoms with Gasteiger partial charge in [0.1, 0.15) is 17.3 Å². The number of phenols is 1. The lowest BCUT2D eigenvalue weighted by Gasteiger charge is -2.11. The normalized spacial score (nSPS) is 13.8. The third-order valence-corrected chi connectivity index (χ3v) is 4.42. The van der Waals surface area contributed by atoms with Gasteiger partial charge in [-0.15, -0.1) is 0 Å². The number of carbonyl (C=O) groups excluding carboxylic acids is 1. The van der Waals surface area contributed by atoms with Gasteiger partial charge >= 0.3 is 0 Å². The van der Waals surface area contributed by atoms with Gasteiger partial charge in [-0.2, -0.15) is 0 Å². The Labute approximate surface area is 145 Å². The third kappa shape index (κ3) is 2.91. The molecule has 1 heterocycles. The molecule has 25 heavy (non-hydrogen) atoms. The Bertz CT molecular complexity index is 944. The van der Waals surface area contributed by atoms with Crippen molar-refractivity contribution in [2.75, 3.05) is 7.11 Å². The zero-order valence-corrected chi connectivity index (χ0v) is 13.9. The van der Waals surface area contributed by atoms with Crippen LogP contribution in [0.1, 0.15) is 35.1 Å². The molecule has 0 bridgehead atoms. The van der Waals surface area contributed by atoms with E-state index in [4.69, 9.17) is 4.74 Å². The molecule has 0 unspecified atom stereocenters. The highest BCUT2D eigenvalue weighted by Crippen LogP contribution is 2.38. The first-order valence-electron chi connectivity index (χ1n) is 8.28. The van der Waals surface area contributed by atoms with Crippen molar-refractivity contribution in [3.63, 3.8) is 0 Å². The van der Waals surface area contributed by atoms with E-state index in [1.165, 1.54) is 19.2 Å². The number of aromatic nitrogens is 2. The molecule has 128 valence electrons. The van der Waals surface area contributed by atoms with Gasteiger partial charge in [-0.25, -0.2) is 4.98 Å². The van der Waals surface area contributed by atoms with E-state index >= 15 is 0 Å². The summed E-state index contributed by atoms with van der Waals surface area (Å²) in [5.41, 5.74) is 2.34. The molecule has 1 saturated carbocycles. The second kappa shape index (κ2) is 6.12. The number of carbonyl (C=O) groups is 1. The fraction of sp³-hybridized carbons (Fsp3) is 0.263. The number of para-hydroxylation sites is 2. The number of hydrogen-bond acceptors (Lipinski definition) is 4. The second-order valence-corrected chi connectivity index (χ2v) is 6.19. The van der Waals surface area contributed by atoms with Crippen LogP contribution in [-0.4, -0.2) is 27.7 Å². The van der Waals surface area contributed by atoms with E-state index in [9.17, 15) is 9.90 Å². The van der Waals surface area contributed by atoms with Crippen LogP contribution in [0.5, 0.6) is 11.5 Å². The van der Waals surface area contributed by atoms with Crippen molar-refractivity contribution in [1.29, 1.82) is 0 Å². The number of ether oxygens (including phenoxy) is 1. The summed E-state index contributed by atoms with van der Waals surface area (Å²) in [5, 5.41) is 12.5. The fourth-order valence-electron chi connectivity index (χ4n) is 3.09. The van der Waals surface area contributed by atoms with Crippen LogP contribution >= 0.6 is 0 Å². The van der Waals surface area contributed by atoms with Gasteiger partial charge in [0.05, 0.1) is 30.3 Å². The van der Waals surface area contributed by atoms with Crippen molar-refractivity contribution in [3.8, 4) is 11.5 Å². The highest BCUT2D eigenvalue weighted by atomic mass is 16.5. The first-order valence-corrected chi connectivity index (χ1v) is 8.28. The largest absolute Gasteiger partial charge is 0.508 e. The van der Waals surface area contributed by atoms with Crippen LogP contribution in [0.4, 0.5) is 0 Å². The first kappa shape index (κ1) is 15.5. The molecule has 4 rings (SSSR count). The van der Waals surface area contributed by atoms with Crippen molar-refractivity contribution in [2.45, 2.75) is 25.4 Å². The minimum absolute atomic E-state index is 0.0242. The average molecular weight is 337 g/mol. The Kier molecular flexibility index (Phi) is 3.80. The Morgan fingerprint density at radius 2 is 2.12 bits per heavy atom. The molecule has 1 aliphatic rings. The SMILES string of the molecule is COc1ccc(O)cc1C(=O)NCc1nc2ccccc2n1C1CC1. The third-order valence-electron chi connectivity index (χ3n) is 4.42. The zero-order valence-electron chi connectivity index (χ0n) is 13.9. The number of phenolic OH excluding ortho intramolecular Hbond substituents is 1. The lowest BCUT2D eigenvalue weighted by Crippen LogP contribution is -2.25. The summed E-state index contributed by atoms with van der Waals surface area (Å²) < 4.78 is 7.42. The molecule has 0 aliphatic heterocycles. The summed E-state index contributed by atoms with van der Waals surface area (Å²) in [6.45, 7) is 0.322.